The highest BCUT2D eigenvalue weighted by Crippen LogP contribution is 2.30. The quantitative estimate of drug-likeness (QED) is 0.579. The highest BCUT2D eigenvalue weighted by molar-refractivity contribution is 6.01. The molecule has 1 fully saturated rings. The van der Waals surface area contributed by atoms with Gasteiger partial charge in [-0.15, -0.1) is 0 Å². The Bertz CT molecular complexity index is 425. The topological polar surface area (TPSA) is 69.7 Å². The molecule has 2 atom stereocenters. The molecule has 0 saturated heterocycles. The Labute approximate surface area is 126 Å². The monoisotopic (exact) mass is 298 g/mol. The average molecular weight is 298 g/mol. The van der Waals surface area contributed by atoms with Crippen molar-refractivity contribution in [1.82, 2.24) is 0 Å². The van der Waals surface area contributed by atoms with Crippen molar-refractivity contribution in [3.63, 3.8) is 0 Å². The molecule has 1 aliphatic carbocycles. The number of rotatable bonds is 2. The number of esters is 2. The minimum absolute atomic E-state index is 0.0544. The molecule has 0 aromatic rings. The number of Topliss-reactive ketones (excluding diaryl/α,β-unsaturated/α-hetero) is 1. The molecule has 0 aromatic carbocycles. The van der Waals surface area contributed by atoms with Gasteiger partial charge in [-0.05, 0) is 54.4 Å². The molecule has 0 radical (unpaired) electrons. The molecule has 5 nitrogen and oxygen atoms in total. The molecule has 5 heteroatoms. The molecule has 1 saturated carbocycles. The number of hydrogen-bond donors (Lipinski definition) is 0. The Kier molecular flexibility index (Phi) is 5.18. The van der Waals surface area contributed by atoms with Crippen LogP contribution in [0.3, 0.4) is 0 Å². The third kappa shape index (κ3) is 5.86. The van der Waals surface area contributed by atoms with Gasteiger partial charge in [-0.1, -0.05) is 0 Å². The van der Waals surface area contributed by atoms with Crippen LogP contribution in [0.2, 0.25) is 0 Å². The van der Waals surface area contributed by atoms with Crippen molar-refractivity contribution in [1.29, 1.82) is 0 Å². The summed E-state index contributed by atoms with van der Waals surface area (Å²) in [5.41, 5.74) is -1.18. The molecule has 0 aliphatic heterocycles. The van der Waals surface area contributed by atoms with E-state index in [9.17, 15) is 14.4 Å². The summed E-state index contributed by atoms with van der Waals surface area (Å²) in [6.07, 6.45) is 0.876. The van der Waals surface area contributed by atoms with Gasteiger partial charge in [0, 0.05) is 6.42 Å². The number of carbonyl (C=O) groups excluding carboxylic acids is 3. The Morgan fingerprint density at radius 3 is 1.81 bits per heavy atom. The summed E-state index contributed by atoms with van der Waals surface area (Å²) in [6, 6.07) is 0. The molecule has 1 aliphatic rings. The minimum atomic E-state index is -0.747. The first-order valence-electron chi connectivity index (χ1n) is 7.37. The number of carbonyl (C=O) groups is 3. The lowest BCUT2D eigenvalue weighted by Gasteiger charge is -2.29. The van der Waals surface area contributed by atoms with Crippen LogP contribution in [-0.4, -0.2) is 28.9 Å². The maximum atomic E-state index is 12.1. The Morgan fingerprint density at radius 2 is 1.38 bits per heavy atom. The molecule has 1 rings (SSSR count). The van der Waals surface area contributed by atoms with E-state index in [0.29, 0.717) is 12.8 Å². The van der Waals surface area contributed by atoms with Crippen molar-refractivity contribution >= 4 is 17.7 Å². The summed E-state index contributed by atoms with van der Waals surface area (Å²) in [5.74, 6) is -2.28. The lowest BCUT2D eigenvalue weighted by Crippen LogP contribution is -2.39. The van der Waals surface area contributed by atoms with Crippen molar-refractivity contribution < 1.29 is 23.9 Å². The smallest absolute Gasteiger partial charge is 0.316 e. The van der Waals surface area contributed by atoms with Gasteiger partial charge >= 0.3 is 11.9 Å². The van der Waals surface area contributed by atoms with Gasteiger partial charge < -0.3 is 9.47 Å². The largest absolute Gasteiger partial charge is 0.460 e. The zero-order chi connectivity index (χ0) is 16.4. The number of ether oxygens (including phenoxy) is 2. The van der Waals surface area contributed by atoms with Crippen LogP contribution in [-0.2, 0) is 23.9 Å². The summed E-state index contributed by atoms with van der Waals surface area (Å²) >= 11 is 0. The van der Waals surface area contributed by atoms with Crippen LogP contribution in [0.15, 0.2) is 0 Å². The molecule has 21 heavy (non-hydrogen) atoms. The van der Waals surface area contributed by atoms with Crippen LogP contribution in [0.5, 0.6) is 0 Å². The highest BCUT2D eigenvalue weighted by atomic mass is 16.6. The van der Waals surface area contributed by atoms with Crippen LogP contribution in [0.25, 0.3) is 0 Å². The third-order valence-electron chi connectivity index (χ3n) is 3.07. The molecule has 0 bridgehead atoms. The fourth-order valence-corrected chi connectivity index (χ4v) is 2.22. The number of ketones is 1. The predicted octanol–water partition coefficient (Wildman–Crippen LogP) is 2.66. The van der Waals surface area contributed by atoms with E-state index in [2.05, 4.69) is 0 Å². The first-order valence-corrected chi connectivity index (χ1v) is 7.37. The fraction of sp³-hybridized carbons (Fsp3) is 0.812. The van der Waals surface area contributed by atoms with Crippen molar-refractivity contribution in [2.24, 2.45) is 11.8 Å². The zero-order valence-electron chi connectivity index (χ0n) is 13.8. The molecule has 0 amide bonds. The molecule has 0 aromatic heterocycles. The average Bonchev–Trinajstić information content (AvgIpc) is 2.23. The van der Waals surface area contributed by atoms with E-state index in [0.717, 1.165) is 0 Å². The maximum Gasteiger partial charge on any atom is 0.316 e. The van der Waals surface area contributed by atoms with E-state index in [1.165, 1.54) is 0 Å². The second-order valence-electron chi connectivity index (χ2n) is 7.56. The Hall–Kier alpha value is -1.39. The van der Waals surface area contributed by atoms with Gasteiger partial charge in [0.25, 0.3) is 0 Å². The van der Waals surface area contributed by atoms with E-state index >= 15 is 0 Å². The molecule has 0 N–H and O–H groups in total. The zero-order valence-corrected chi connectivity index (χ0v) is 13.8. The molecule has 120 valence electrons. The minimum Gasteiger partial charge on any atom is -0.460 e. The Morgan fingerprint density at radius 1 is 0.905 bits per heavy atom. The van der Waals surface area contributed by atoms with Crippen molar-refractivity contribution in [2.75, 3.05) is 0 Å². The van der Waals surface area contributed by atoms with Gasteiger partial charge in [-0.25, -0.2) is 0 Å². The van der Waals surface area contributed by atoms with Gasteiger partial charge in [-0.3, -0.25) is 14.4 Å². The van der Waals surface area contributed by atoms with Gasteiger partial charge in [0.05, 0.1) is 5.92 Å². The van der Waals surface area contributed by atoms with E-state index in [1.807, 2.05) is 0 Å². The van der Waals surface area contributed by atoms with Crippen molar-refractivity contribution in [2.45, 2.75) is 72.0 Å². The molecular formula is C16H26O5. The summed E-state index contributed by atoms with van der Waals surface area (Å²) in [4.78, 5) is 36.0. The SMILES string of the molecule is CC(C)(C)OC(=O)C1CCC(C(=O)OC(C)(C)C)C(=O)C1. The summed E-state index contributed by atoms with van der Waals surface area (Å²) in [6.45, 7) is 10.7. The summed E-state index contributed by atoms with van der Waals surface area (Å²) in [5, 5.41) is 0. The van der Waals surface area contributed by atoms with Crippen molar-refractivity contribution in [3.05, 3.63) is 0 Å². The lowest BCUT2D eigenvalue weighted by molar-refractivity contribution is -0.169. The second-order valence-corrected chi connectivity index (χ2v) is 7.56. The standard InChI is InChI=1S/C16H26O5/c1-15(2,3)20-13(18)10-7-8-11(12(17)9-10)14(19)21-16(4,5)6/h10-11H,7-9H2,1-6H3. The van der Waals surface area contributed by atoms with Gasteiger partial charge in [0.2, 0.25) is 0 Å². The van der Waals surface area contributed by atoms with Crippen LogP contribution in [0, 0.1) is 11.8 Å². The van der Waals surface area contributed by atoms with E-state index < -0.39 is 29.0 Å². The normalized spacial score (nSPS) is 23.6. The molecule has 2 unspecified atom stereocenters. The van der Waals surface area contributed by atoms with Crippen LogP contribution >= 0.6 is 0 Å². The van der Waals surface area contributed by atoms with E-state index in [1.54, 1.807) is 41.5 Å². The highest BCUT2D eigenvalue weighted by Gasteiger charge is 2.39. The predicted molar refractivity (Wildman–Crippen MR) is 77.5 cm³/mol. The second kappa shape index (κ2) is 6.16. The van der Waals surface area contributed by atoms with Gasteiger partial charge in [0.15, 0.2) is 0 Å². The van der Waals surface area contributed by atoms with Crippen LogP contribution in [0.4, 0.5) is 0 Å². The fourth-order valence-electron chi connectivity index (χ4n) is 2.22. The van der Waals surface area contributed by atoms with E-state index in [4.69, 9.17) is 9.47 Å². The van der Waals surface area contributed by atoms with Crippen LogP contribution in [0.1, 0.15) is 60.8 Å². The van der Waals surface area contributed by atoms with Crippen LogP contribution < -0.4 is 0 Å². The first-order chi connectivity index (χ1) is 9.39. The van der Waals surface area contributed by atoms with Crippen molar-refractivity contribution in [3.8, 4) is 0 Å². The van der Waals surface area contributed by atoms with Gasteiger partial charge in [0.1, 0.15) is 22.9 Å². The summed E-state index contributed by atoms with van der Waals surface area (Å²) in [7, 11) is 0. The third-order valence-corrected chi connectivity index (χ3v) is 3.07. The molecule has 0 heterocycles. The lowest BCUT2D eigenvalue weighted by atomic mass is 9.81. The summed E-state index contributed by atoms with van der Waals surface area (Å²) < 4.78 is 10.5. The van der Waals surface area contributed by atoms with Gasteiger partial charge in [-0.2, -0.15) is 0 Å². The maximum absolute atomic E-state index is 12.1. The molecule has 0 spiro atoms. The Balaban J connectivity index is 2.61. The number of hydrogen-bond acceptors (Lipinski definition) is 5. The van der Waals surface area contributed by atoms with E-state index in [-0.39, 0.29) is 18.2 Å². The molecular weight excluding hydrogens is 272 g/mol. The first kappa shape index (κ1) is 17.7.